The van der Waals surface area contributed by atoms with Crippen LogP contribution in [0.3, 0.4) is 0 Å². The lowest BCUT2D eigenvalue weighted by atomic mass is 9.65. The molecule has 33 heavy (non-hydrogen) atoms. The molecule has 0 atom stereocenters. The van der Waals surface area contributed by atoms with Crippen LogP contribution in [0.4, 0.5) is 19.0 Å². The first-order valence-electron chi connectivity index (χ1n) is 11.1. The Morgan fingerprint density at radius 1 is 1.06 bits per heavy atom. The molecule has 1 aliphatic heterocycles. The Morgan fingerprint density at radius 2 is 1.79 bits per heavy atom. The number of nitrogens with zero attached hydrogens (tertiary/aromatic N) is 7. The number of anilines is 1. The van der Waals surface area contributed by atoms with Crippen LogP contribution in [0, 0.1) is 18.3 Å². The number of nitriles is 1. The molecule has 1 aromatic carbocycles. The molecule has 0 spiro atoms. The Hall–Kier alpha value is -3.19. The lowest BCUT2D eigenvalue weighted by Gasteiger charge is -2.36. The van der Waals surface area contributed by atoms with Gasteiger partial charge in [0.25, 0.3) is 0 Å². The van der Waals surface area contributed by atoms with Gasteiger partial charge in [0, 0.05) is 37.6 Å². The summed E-state index contributed by atoms with van der Waals surface area (Å²) >= 11 is 0. The van der Waals surface area contributed by atoms with Crippen molar-refractivity contribution in [1.29, 1.82) is 5.26 Å². The highest BCUT2D eigenvalue weighted by Gasteiger charge is 2.39. The zero-order valence-corrected chi connectivity index (χ0v) is 18.3. The summed E-state index contributed by atoms with van der Waals surface area (Å²) in [4.78, 5) is 12.5. The number of aryl methyl sites for hydroxylation is 1. The van der Waals surface area contributed by atoms with Gasteiger partial charge in [-0.1, -0.05) is 12.1 Å². The number of halogens is 3. The number of rotatable bonds is 4. The van der Waals surface area contributed by atoms with Crippen LogP contribution in [0.1, 0.15) is 30.7 Å². The van der Waals surface area contributed by atoms with Gasteiger partial charge in [-0.15, -0.1) is 0 Å². The van der Waals surface area contributed by atoms with E-state index >= 15 is 0 Å². The SMILES string of the molecule is Cc1nc(N2CCN(CC(F)(F)F)CC2)cc(-n2ncc3ccc(C4(C#N)CCC4)cc32)n1. The van der Waals surface area contributed by atoms with Gasteiger partial charge < -0.3 is 4.90 Å². The first-order chi connectivity index (χ1) is 15.8. The maximum Gasteiger partial charge on any atom is 0.401 e. The van der Waals surface area contributed by atoms with E-state index in [0.29, 0.717) is 43.6 Å². The van der Waals surface area contributed by atoms with Gasteiger partial charge in [0.1, 0.15) is 11.6 Å². The fraction of sp³-hybridized carbons (Fsp3) is 0.478. The average Bonchev–Trinajstić information content (AvgIpc) is 3.16. The molecule has 2 fully saturated rings. The lowest BCUT2D eigenvalue weighted by Crippen LogP contribution is -2.49. The number of fused-ring (bicyclic) bond motifs is 1. The van der Waals surface area contributed by atoms with Crippen molar-refractivity contribution in [3.8, 4) is 11.9 Å². The van der Waals surface area contributed by atoms with E-state index in [0.717, 1.165) is 35.7 Å². The summed E-state index contributed by atoms with van der Waals surface area (Å²) in [6.45, 7) is 2.47. The molecule has 0 unspecified atom stereocenters. The van der Waals surface area contributed by atoms with Gasteiger partial charge in [-0.3, -0.25) is 4.90 Å². The quantitative estimate of drug-likeness (QED) is 0.597. The highest BCUT2D eigenvalue weighted by molar-refractivity contribution is 5.81. The highest BCUT2D eigenvalue weighted by Crippen LogP contribution is 2.43. The molecule has 10 heteroatoms. The third-order valence-corrected chi connectivity index (χ3v) is 6.67. The molecule has 3 aromatic rings. The molecule has 0 radical (unpaired) electrons. The standard InChI is InChI=1S/C23H24F3N7/c1-16-29-20(32-9-7-31(8-10-32)15-23(24,25)26)12-21(30-16)33-19-11-18(4-3-17(19)13-28-33)22(14-27)5-2-6-22/h3-4,11-13H,2,5-10,15H2,1H3. The second-order valence-electron chi connectivity index (χ2n) is 8.89. The maximum atomic E-state index is 12.7. The van der Waals surface area contributed by atoms with Crippen LogP contribution in [0.15, 0.2) is 30.5 Å². The number of hydrogen-bond acceptors (Lipinski definition) is 6. The van der Waals surface area contributed by atoms with Crippen molar-refractivity contribution in [3.63, 3.8) is 0 Å². The minimum absolute atomic E-state index is 0.322. The van der Waals surface area contributed by atoms with Crippen LogP contribution in [0.5, 0.6) is 0 Å². The van der Waals surface area contributed by atoms with Crippen LogP contribution in [-0.2, 0) is 5.41 Å². The molecule has 0 amide bonds. The number of aromatic nitrogens is 4. The molecule has 5 rings (SSSR count). The minimum Gasteiger partial charge on any atom is -0.354 e. The molecule has 2 aromatic heterocycles. The Balaban J connectivity index is 1.43. The first-order valence-corrected chi connectivity index (χ1v) is 11.1. The van der Waals surface area contributed by atoms with Gasteiger partial charge in [-0.2, -0.15) is 23.5 Å². The summed E-state index contributed by atoms with van der Waals surface area (Å²) in [7, 11) is 0. The fourth-order valence-corrected chi connectivity index (χ4v) is 4.69. The van der Waals surface area contributed by atoms with Crippen molar-refractivity contribution in [2.45, 2.75) is 37.8 Å². The molecule has 1 saturated heterocycles. The van der Waals surface area contributed by atoms with Crippen molar-refractivity contribution in [2.75, 3.05) is 37.6 Å². The van der Waals surface area contributed by atoms with Crippen LogP contribution in [-0.4, -0.2) is 63.5 Å². The van der Waals surface area contributed by atoms with Crippen molar-refractivity contribution in [1.82, 2.24) is 24.6 Å². The largest absolute Gasteiger partial charge is 0.401 e. The van der Waals surface area contributed by atoms with Gasteiger partial charge in [0.05, 0.1) is 29.7 Å². The van der Waals surface area contributed by atoms with Gasteiger partial charge >= 0.3 is 6.18 Å². The van der Waals surface area contributed by atoms with Gasteiger partial charge in [0.2, 0.25) is 0 Å². The Morgan fingerprint density at radius 3 is 2.42 bits per heavy atom. The molecular formula is C23H24F3N7. The summed E-state index contributed by atoms with van der Waals surface area (Å²) in [5, 5.41) is 15.2. The molecule has 1 saturated carbocycles. The van der Waals surface area contributed by atoms with E-state index in [1.165, 1.54) is 4.90 Å². The molecule has 1 aliphatic carbocycles. The fourth-order valence-electron chi connectivity index (χ4n) is 4.69. The average molecular weight is 455 g/mol. The topological polar surface area (TPSA) is 73.9 Å². The van der Waals surface area contributed by atoms with Crippen LogP contribution < -0.4 is 4.90 Å². The Bertz CT molecular complexity index is 1210. The third-order valence-electron chi connectivity index (χ3n) is 6.67. The molecule has 7 nitrogen and oxygen atoms in total. The van der Waals surface area contributed by atoms with Crippen molar-refractivity contribution in [3.05, 3.63) is 41.9 Å². The van der Waals surface area contributed by atoms with E-state index in [1.807, 2.05) is 29.2 Å². The summed E-state index contributed by atoms with van der Waals surface area (Å²) in [6.07, 6.45) is 0.354. The highest BCUT2D eigenvalue weighted by atomic mass is 19.4. The molecule has 2 aliphatic rings. The first kappa shape index (κ1) is 21.6. The molecule has 0 N–H and O–H groups in total. The van der Waals surface area contributed by atoms with E-state index < -0.39 is 18.1 Å². The van der Waals surface area contributed by atoms with E-state index in [1.54, 1.807) is 17.8 Å². The van der Waals surface area contributed by atoms with Crippen LogP contribution in [0.2, 0.25) is 0 Å². The number of alkyl halides is 3. The van der Waals surface area contributed by atoms with Crippen LogP contribution >= 0.6 is 0 Å². The predicted octanol–water partition coefficient (Wildman–Crippen LogP) is 3.75. The zero-order chi connectivity index (χ0) is 23.2. The Labute approximate surface area is 189 Å². The number of piperazine rings is 1. The monoisotopic (exact) mass is 455 g/mol. The molecular weight excluding hydrogens is 431 g/mol. The van der Waals surface area contributed by atoms with E-state index in [4.69, 9.17) is 0 Å². The Kier molecular flexibility index (Phi) is 5.24. The zero-order valence-electron chi connectivity index (χ0n) is 18.3. The third kappa shape index (κ3) is 4.13. The molecule has 172 valence electrons. The minimum atomic E-state index is -4.19. The van der Waals surface area contributed by atoms with E-state index in [-0.39, 0.29) is 0 Å². The van der Waals surface area contributed by atoms with Crippen molar-refractivity contribution in [2.24, 2.45) is 0 Å². The predicted molar refractivity (Wildman–Crippen MR) is 117 cm³/mol. The summed E-state index contributed by atoms with van der Waals surface area (Å²) in [5.41, 5.74) is 1.44. The summed E-state index contributed by atoms with van der Waals surface area (Å²) in [5.74, 6) is 1.84. The van der Waals surface area contributed by atoms with Crippen molar-refractivity contribution >= 4 is 16.7 Å². The van der Waals surface area contributed by atoms with Gasteiger partial charge in [-0.25, -0.2) is 14.6 Å². The summed E-state index contributed by atoms with van der Waals surface area (Å²) < 4.78 is 39.8. The van der Waals surface area contributed by atoms with Gasteiger partial charge in [-0.05, 0) is 37.8 Å². The molecule has 3 heterocycles. The maximum absolute atomic E-state index is 12.7. The van der Waals surface area contributed by atoms with Gasteiger partial charge in [0.15, 0.2) is 5.82 Å². The molecule has 0 bridgehead atoms. The lowest BCUT2D eigenvalue weighted by molar-refractivity contribution is -0.146. The smallest absolute Gasteiger partial charge is 0.354 e. The second-order valence-corrected chi connectivity index (χ2v) is 8.89. The summed E-state index contributed by atoms with van der Waals surface area (Å²) in [6, 6.07) is 10.3. The second kappa shape index (κ2) is 7.99. The van der Waals surface area contributed by atoms with E-state index in [2.05, 4.69) is 21.1 Å². The van der Waals surface area contributed by atoms with E-state index in [9.17, 15) is 18.4 Å². The number of benzene rings is 1. The van der Waals surface area contributed by atoms with Crippen molar-refractivity contribution < 1.29 is 13.2 Å². The normalized spacial score (nSPS) is 18.8. The van der Waals surface area contributed by atoms with Crippen LogP contribution in [0.25, 0.3) is 16.7 Å². The number of hydrogen-bond donors (Lipinski definition) is 0.